The van der Waals surface area contributed by atoms with E-state index in [2.05, 4.69) is 24.1 Å². The van der Waals surface area contributed by atoms with Crippen molar-refractivity contribution in [3.63, 3.8) is 0 Å². The lowest BCUT2D eigenvalue weighted by Crippen LogP contribution is -2.24. The van der Waals surface area contributed by atoms with Gasteiger partial charge in [-0.05, 0) is 37.0 Å². The van der Waals surface area contributed by atoms with Gasteiger partial charge in [-0.3, -0.25) is 4.79 Å². The number of hydrogen-bond acceptors (Lipinski definition) is 4. The minimum Gasteiger partial charge on any atom is -0.487 e. The van der Waals surface area contributed by atoms with Gasteiger partial charge >= 0.3 is 0 Å². The van der Waals surface area contributed by atoms with Gasteiger partial charge in [0.1, 0.15) is 12.4 Å². The monoisotopic (exact) mass is 318 g/mol. The lowest BCUT2D eigenvalue weighted by atomic mass is 10.1. The Morgan fingerprint density at radius 2 is 2.27 bits per heavy atom. The number of carbonyl (C=O) groups excluding carboxylic acids is 1. The van der Waals surface area contributed by atoms with Crippen LogP contribution in [0.3, 0.4) is 0 Å². The number of carbonyl (C=O) groups is 1. The Balaban J connectivity index is 1.83. The molecule has 1 N–H and O–H groups in total. The smallest absolute Gasteiger partial charge is 0.251 e. The lowest BCUT2D eigenvalue weighted by Gasteiger charge is -2.09. The Kier molecular flexibility index (Phi) is 6.40. The third-order valence-corrected chi connectivity index (χ3v) is 3.85. The van der Waals surface area contributed by atoms with Crippen LogP contribution in [0.2, 0.25) is 0 Å². The summed E-state index contributed by atoms with van der Waals surface area (Å²) >= 11 is 1.54. The Morgan fingerprint density at radius 3 is 3.00 bits per heavy atom. The SMILES string of the molecule is CC(C)CCCNC(=O)c1cccc(OCc2cscn2)c1. The first-order chi connectivity index (χ1) is 10.6. The summed E-state index contributed by atoms with van der Waals surface area (Å²) in [4.78, 5) is 16.3. The standard InChI is InChI=1S/C17H22N2O2S/c1-13(2)5-4-8-18-17(20)14-6-3-7-16(9-14)21-10-15-11-22-12-19-15/h3,6-7,9,11-13H,4-5,8,10H2,1-2H3,(H,18,20). The van der Waals surface area contributed by atoms with Crippen LogP contribution in [0.1, 0.15) is 42.7 Å². The summed E-state index contributed by atoms with van der Waals surface area (Å²) in [5.74, 6) is 1.30. The van der Waals surface area contributed by atoms with Crippen molar-refractivity contribution in [2.45, 2.75) is 33.3 Å². The van der Waals surface area contributed by atoms with Crippen molar-refractivity contribution < 1.29 is 9.53 Å². The summed E-state index contributed by atoms with van der Waals surface area (Å²) in [6, 6.07) is 7.25. The van der Waals surface area contributed by atoms with Crippen molar-refractivity contribution in [2.75, 3.05) is 6.54 Å². The van der Waals surface area contributed by atoms with Gasteiger partial charge in [-0.25, -0.2) is 4.98 Å². The number of nitrogens with zero attached hydrogens (tertiary/aromatic N) is 1. The van der Waals surface area contributed by atoms with E-state index in [1.807, 2.05) is 17.5 Å². The molecule has 1 amide bonds. The van der Waals surface area contributed by atoms with Crippen LogP contribution < -0.4 is 10.1 Å². The fraction of sp³-hybridized carbons (Fsp3) is 0.412. The summed E-state index contributed by atoms with van der Waals surface area (Å²) in [6.07, 6.45) is 2.13. The second kappa shape index (κ2) is 8.54. The first-order valence-electron chi connectivity index (χ1n) is 7.53. The van der Waals surface area contributed by atoms with E-state index in [9.17, 15) is 4.79 Å². The quantitative estimate of drug-likeness (QED) is 0.751. The zero-order valence-corrected chi connectivity index (χ0v) is 13.9. The maximum Gasteiger partial charge on any atom is 0.251 e. The van der Waals surface area contributed by atoms with Gasteiger partial charge in [0.05, 0.1) is 11.2 Å². The molecule has 0 unspecified atom stereocenters. The predicted molar refractivity (Wildman–Crippen MR) is 89.3 cm³/mol. The van der Waals surface area contributed by atoms with E-state index in [0.29, 0.717) is 30.4 Å². The molecule has 2 rings (SSSR count). The van der Waals surface area contributed by atoms with Crippen LogP contribution in [0.4, 0.5) is 0 Å². The van der Waals surface area contributed by atoms with Gasteiger partial charge < -0.3 is 10.1 Å². The molecule has 1 aromatic heterocycles. The van der Waals surface area contributed by atoms with Gasteiger partial charge in [-0.1, -0.05) is 19.9 Å². The fourth-order valence-corrected chi connectivity index (χ4v) is 2.55. The summed E-state index contributed by atoms with van der Waals surface area (Å²) in [5.41, 5.74) is 3.30. The highest BCUT2D eigenvalue weighted by Crippen LogP contribution is 2.15. The van der Waals surface area contributed by atoms with Gasteiger partial charge in [-0.15, -0.1) is 11.3 Å². The molecule has 0 saturated carbocycles. The normalized spacial score (nSPS) is 10.7. The van der Waals surface area contributed by atoms with Crippen LogP contribution in [0.25, 0.3) is 0 Å². The molecule has 0 bridgehead atoms. The minimum atomic E-state index is -0.0529. The van der Waals surface area contributed by atoms with Crippen LogP contribution in [-0.2, 0) is 6.61 Å². The average Bonchev–Trinajstić information content (AvgIpc) is 3.03. The van der Waals surface area contributed by atoms with Crippen molar-refractivity contribution in [3.05, 3.63) is 46.4 Å². The van der Waals surface area contributed by atoms with Gasteiger partial charge in [0, 0.05) is 17.5 Å². The second-order valence-electron chi connectivity index (χ2n) is 5.59. The highest BCUT2D eigenvalue weighted by molar-refractivity contribution is 7.07. The number of ether oxygens (including phenoxy) is 1. The molecule has 5 heteroatoms. The van der Waals surface area contributed by atoms with Crippen molar-refractivity contribution in [2.24, 2.45) is 5.92 Å². The van der Waals surface area contributed by atoms with E-state index in [1.165, 1.54) is 0 Å². The highest BCUT2D eigenvalue weighted by Gasteiger charge is 2.07. The van der Waals surface area contributed by atoms with E-state index in [0.717, 1.165) is 18.5 Å². The topological polar surface area (TPSA) is 51.2 Å². The first-order valence-corrected chi connectivity index (χ1v) is 8.47. The molecule has 118 valence electrons. The van der Waals surface area contributed by atoms with Crippen molar-refractivity contribution >= 4 is 17.2 Å². The van der Waals surface area contributed by atoms with E-state index in [1.54, 1.807) is 29.0 Å². The zero-order chi connectivity index (χ0) is 15.8. The van der Waals surface area contributed by atoms with Crippen molar-refractivity contribution in [3.8, 4) is 5.75 Å². The molecule has 1 heterocycles. The van der Waals surface area contributed by atoms with Crippen molar-refractivity contribution in [1.29, 1.82) is 0 Å². The molecule has 0 aliphatic rings. The maximum absolute atomic E-state index is 12.1. The molecule has 0 aliphatic heterocycles. The predicted octanol–water partition coefficient (Wildman–Crippen LogP) is 3.89. The number of benzene rings is 1. The molecule has 0 spiro atoms. The summed E-state index contributed by atoms with van der Waals surface area (Å²) in [6.45, 7) is 5.50. The largest absolute Gasteiger partial charge is 0.487 e. The van der Waals surface area contributed by atoms with E-state index < -0.39 is 0 Å². The summed E-state index contributed by atoms with van der Waals surface area (Å²) in [5, 5.41) is 4.90. The average molecular weight is 318 g/mol. The first kappa shape index (κ1) is 16.5. The minimum absolute atomic E-state index is 0.0529. The number of aromatic nitrogens is 1. The van der Waals surface area contributed by atoms with Gasteiger partial charge in [0.25, 0.3) is 5.91 Å². The molecule has 2 aromatic rings. The molecule has 0 atom stereocenters. The van der Waals surface area contributed by atoms with Crippen molar-refractivity contribution in [1.82, 2.24) is 10.3 Å². The Labute approximate surface area is 135 Å². The Morgan fingerprint density at radius 1 is 1.41 bits per heavy atom. The van der Waals surface area contributed by atoms with Crippen LogP contribution in [0.5, 0.6) is 5.75 Å². The number of rotatable bonds is 8. The number of nitrogens with one attached hydrogen (secondary N) is 1. The third kappa shape index (κ3) is 5.48. The lowest BCUT2D eigenvalue weighted by molar-refractivity contribution is 0.0952. The van der Waals surface area contributed by atoms with Gasteiger partial charge in [-0.2, -0.15) is 0 Å². The fourth-order valence-electron chi connectivity index (χ4n) is 2.01. The molecule has 0 aliphatic carbocycles. The van der Waals surface area contributed by atoms with Gasteiger partial charge in [0.2, 0.25) is 0 Å². The Bertz CT molecular complexity index is 582. The summed E-state index contributed by atoms with van der Waals surface area (Å²) < 4.78 is 5.66. The van der Waals surface area contributed by atoms with E-state index in [4.69, 9.17) is 4.74 Å². The molecular formula is C17H22N2O2S. The molecule has 1 aromatic carbocycles. The van der Waals surface area contributed by atoms with E-state index in [-0.39, 0.29) is 5.91 Å². The second-order valence-corrected chi connectivity index (χ2v) is 6.31. The molecule has 0 saturated heterocycles. The third-order valence-electron chi connectivity index (χ3n) is 3.21. The molecule has 22 heavy (non-hydrogen) atoms. The van der Waals surface area contributed by atoms with Crippen LogP contribution >= 0.6 is 11.3 Å². The van der Waals surface area contributed by atoms with Crippen LogP contribution in [0, 0.1) is 5.92 Å². The number of amides is 1. The van der Waals surface area contributed by atoms with Crippen LogP contribution in [-0.4, -0.2) is 17.4 Å². The highest BCUT2D eigenvalue weighted by atomic mass is 32.1. The van der Waals surface area contributed by atoms with Crippen LogP contribution in [0.15, 0.2) is 35.2 Å². The van der Waals surface area contributed by atoms with E-state index >= 15 is 0 Å². The molecular weight excluding hydrogens is 296 g/mol. The summed E-state index contributed by atoms with van der Waals surface area (Å²) in [7, 11) is 0. The number of hydrogen-bond donors (Lipinski definition) is 1. The molecule has 0 fully saturated rings. The zero-order valence-electron chi connectivity index (χ0n) is 13.0. The van der Waals surface area contributed by atoms with Gasteiger partial charge in [0.15, 0.2) is 0 Å². The maximum atomic E-state index is 12.1. The Hall–Kier alpha value is -1.88. The molecule has 0 radical (unpaired) electrons. The molecule has 4 nitrogen and oxygen atoms in total. The number of thiazole rings is 1.